The third-order valence-electron chi connectivity index (χ3n) is 2.35. The highest BCUT2D eigenvalue weighted by Gasteiger charge is 2.09. The van der Waals surface area contributed by atoms with Crippen LogP contribution < -0.4 is 16.4 Å². The molecule has 0 radical (unpaired) electrons. The highest BCUT2D eigenvalue weighted by atomic mass is 19.1. The lowest BCUT2D eigenvalue weighted by Gasteiger charge is -2.09. The van der Waals surface area contributed by atoms with E-state index in [0.717, 1.165) is 6.07 Å². The number of amides is 2. The summed E-state index contributed by atoms with van der Waals surface area (Å²) < 4.78 is 13.2. The first-order chi connectivity index (χ1) is 8.90. The van der Waals surface area contributed by atoms with Gasteiger partial charge in [0.2, 0.25) is 5.91 Å². The highest BCUT2D eigenvalue weighted by molar-refractivity contribution is 5.94. The second kappa shape index (κ2) is 6.72. The van der Waals surface area contributed by atoms with E-state index >= 15 is 0 Å². The maximum atomic E-state index is 13.2. The van der Waals surface area contributed by atoms with Crippen LogP contribution >= 0.6 is 0 Å². The molecule has 0 fully saturated rings. The molecule has 0 atom stereocenters. The van der Waals surface area contributed by atoms with Crippen LogP contribution in [0.3, 0.4) is 0 Å². The zero-order chi connectivity index (χ0) is 14.4. The number of rotatable bonds is 5. The Kier molecular flexibility index (Phi) is 5.29. The summed E-state index contributed by atoms with van der Waals surface area (Å²) in [6.45, 7) is 3.91. The molecule has 0 heterocycles. The molecule has 0 saturated heterocycles. The molecule has 4 N–H and O–H groups in total. The SMILES string of the molecule is CC(C)NC(=O)CCNC(=O)c1ccc(N)c(F)c1. The van der Waals surface area contributed by atoms with Gasteiger partial charge in [-0.05, 0) is 32.0 Å². The minimum absolute atomic E-state index is 0.00661. The van der Waals surface area contributed by atoms with Crippen molar-refractivity contribution in [2.45, 2.75) is 26.3 Å². The number of carbonyl (C=O) groups excluding carboxylic acids is 2. The first-order valence-corrected chi connectivity index (χ1v) is 6.02. The van der Waals surface area contributed by atoms with Crippen LogP contribution in [0.2, 0.25) is 0 Å². The molecule has 0 aromatic heterocycles. The predicted octanol–water partition coefficient (Wildman–Crippen LogP) is 1.05. The molecule has 0 bridgehead atoms. The van der Waals surface area contributed by atoms with E-state index in [4.69, 9.17) is 5.73 Å². The van der Waals surface area contributed by atoms with Gasteiger partial charge < -0.3 is 16.4 Å². The van der Waals surface area contributed by atoms with Crippen LogP contribution in [-0.4, -0.2) is 24.4 Å². The van der Waals surface area contributed by atoms with Gasteiger partial charge in [0, 0.05) is 24.6 Å². The van der Waals surface area contributed by atoms with Crippen molar-refractivity contribution >= 4 is 17.5 Å². The minimum Gasteiger partial charge on any atom is -0.396 e. The summed E-state index contributed by atoms with van der Waals surface area (Å²) in [7, 11) is 0. The molecule has 0 unspecified atom stereocenters. The maximum absolute atomic E-state index is 13.2. The van der Waals surface area contributed by atoms with Gasteiger partial charge in [-0.25, -0.2) is 4.39 Å². The number of carbonyl (C=O) groups is 2. The lowest BCUT2D eigenvalue weighted by atomic mass is 10.2. The molecule has 19 heavy (non-hydrogen) atoms. The molecule has 0 aliphatic heterocycles. The van der Waals surface area contributed by atoms with Gasteiger partial charge in [-0.15, -0.1) is 0 Å². The molecule has 1 rings (SSSR count). The van der Waals surface area contributed by atoms with Crippen molar-refractivity contribution < 1.29 is 14.0 Å². The summed E-state index contributed by atoms with van der Waals surface area (Å²) in [4.78, 5) is 23.0. The molecule has 1 aromatic carbocycles. The Morgan fingerprint density at radius 1 is 1.37 bits per heavy atom. The molecule has 104 valence electrons. The van der Waals surface area contributed by atoms with E-state index in [1.165, 1.54) is 12.1 Å². The monoisotopic (exact) mass is 267 g/mol. The Labute approximate surface area is 111 Å². The number of nitrogen functional groups attached to an aromatic ring is 1. The number of anilines is 1. The molecule has 0 spiro atoms. The van der Waals surface area contributed by atoms with Crippen molar-refractivity contribution in [3.63, 3.8) is 0 Å². The molecular weight excluding hydrogens is 249 g/mol. The lowest BCUT2D eigenvalue weighted by molar-refractivity contribution is -0.121. The molecule has 6 heteroatoms. The second-order valence-electron chi connectivity index (χ2n) is 4.46. The van der Waals surface area contributed by atoms with Crippen LogP contribution in [0.4, 0.5) is 10.1 Å². The Bertz CT molecular complexity index is 475. The first kappa shape index (κ1) is 14.9. The van der Waals surface area contributed by atoms with Crippen molar-refractivity contribution in [1.82, 2.24) is 10.6 Å². The second-order valence-corrected chi connectivity index (χ2v) is 4.46. The summed E-state index contributed by atoms with van der Waals surface area (Å²) in [6.07, 6.45) is 0.182. The van der Waals surface area contributed by atoms with Gasteiger partial charge >= 0.3 is 0 Å². The van der Waals surface area contributed by atoms with E-state index in [-0.39, 0.29) is 36.2 Å². The van der Waals surface area contributed by atoms with E-state index in [1.807, 2.05) is 13.8 Å². The maximum Gasteiger partial charge on any atom is 0.251 e. The largest absolute Gasteiger partial charge is 0.396 e. The molecular formula is C13H18FN3O2. The van der Waals surface area contributed by atoms with Crippen LogP contribution in [0, 0.1) is 5.82 Å². The number of benzene rings is 1. The fourth-order valence-electron chi connectivity index (χ4n) is 1.45. The Morgan fingerprint density at radius 2 is 2.05 bits per heavy atom. The highest BCUT2D eigenvalue weighted by Crippen LogP contribution is 2.11. The summed E-state index contributed by atoms with van der Waals surface area (Å²) in [5.41, 5.74) is 5.49. The van der Waals surface area contributed by atoms with Crippen LogP contribution in [0.1, 0.15) is 30.6 Å². The number of nitrogens with two attached hydrogens (primary N) is 1. The quantitative estimate of drug-likeness (QED) is 0.697. The van der Waals surface area contributed by atoms with E-state index in [9.17, 15) is 14.0 Å². The average molecular weight is 267 g/mol. The van der Waals surface area contributed by atoms with Gasteiger partial charge in [0.25, 0.3) is 5.91 Å². The zero-order valence-electron chi connectivity index (χ0n) is 11.0. The first-order valence-electron chi connectivity index (χ1n) is 6.02. The Balaban J connectivity index is 2.43. The minimum atomic E-state index is -0.634. The van der Waals surface area contributed by atoms with Crippen molar-refractivity contribution in [3.8, 4) is 0 Å². The fourth-order valence-corrected chi connectivity index (χ4v) is 1.45. The van der Waals surface area contributed by atoms with Crippen LogP contribution in [0.5, 0.6) is 0 Å². The Hall–Kier alpha value is -2.11. The molecule has 5 nitrogen and oxygen atoms in total. The number of hydrogen-bond donors (Lipinski definition) is 3. The number of halogens is 1. The van der Waals surface area contributed by atoms with Crippen LogP contribution in [-0.2, 0) is 4.79 Å². The fraction of sp³-hybridized carbons (Fsp3) is 0.385. The summed E-state index contributed by atoms with van der Waals surface area (Å²) in [5, 5.41) is 5.25. The van der Waals surface area contributed by atoms with Crippen molar-refractivity contribution in [2.24, 2.45) is 0 Å². The van der Waals surface area contributed by atoms with Crippen molar-refractivity contribution in [2.75, 3.05) is 12.3 Å². The third-order valence-corrected chi connectivity index (χ3v) is 2.35. The zero-order valence-corrected chi connectivity index (χ0v) is 11.0. The van der Waals surface area contributed by atoms with Gasteiger partial charge in [0.1, 0.15) is 5.82 Å². The Morgan fingerprint density at radius 3 is 2.63 bits per heavy atom. The van der Waals surface area contributed by atoms with Gasteiger partial charge in [-0.3, -0.25) is 9.59 Å². The van der Waals surface area contributed by atoms with Crippen molar-refractivity contribution in [1.29, 1.82) is 0 Å². The molecule has 0 aliphatic carbocycles. The standard InChI is InChI=1S/C13H18FN3O2/c1-8(2)17-12(18)5-6-16-13(19)9-3-4-11(15)10(14)7-9/h3-4,7-8H,5-6,15H2,1-2H3,(H,16,19)(H,17,18). The van der Waals surface area contributed by atoms with Gasteiger partial charge in [-0.2, -0.15) is 0 Å². The average Bonchev–Trinajstić information content (AvgIpc) is 2.31. The van der Waals surface area contributed by atoms with Gasteiger partial charge in [0.15, 0.2) is 0 Å². The summed E-state index contributed by atoms with van der Waals surface area (Å²) >= 11 is 0. The van der Waals surface area contributed by atoms with Crippen LogP contribution in [0.25, 0.3) is 0 Å². The van der Waals surface area contributed by atoms with Crippen LogP contribution in [0.15, 0.2) is 18.2 Å². The number of hydrogen-bond acceptors (Lipinski definition) is 3. The topological polar surface area (TPSA) is 84.2 Å². The normalized spacial score (nSPS) is 10.3. The van der Waals surface area contributed by atoms with Crippen molar-refractivity contribution in [3.05, 3.63) is 29.6 Å². The molecule has 2 amide bonds. The number of nitrogens with one attached hydrogen (secondary N) is 2. The van der Waals surface area contributed by atoms with Gasteiger partial charge in [-0.1, -0.05) is 0 Å². The third kappa shape index (κ3) is 4.95. The van der Waals surface area contributed by atoms with Gasteiger partial charge in [0.05, 0.1) is 5.69 Å². The van der Waals surface area contributed by atoms with E-state index in [1.54, 1.807) is 0 Å². The van der Waals surface area contributed by atoms with E-state index in [2.05, 4.69) is 10.6 Å². The molecule has 1 aromatic rings. The van der Waals surface area contributed by atoms with E-state index < -0.39 is 11.7 Å². The lowest BCUT2D eigenvalue weighted by Crippen LogP contribution is -2.34. The predicted molar refractivity (Wildman–Crippen MR) is 71.0 cm³/mol. The summed E-state index contributed by atoms with van der Waals surface area (Å²) in [5.74, 6) is -1.21. The smallest absolute Gasteiger partial charge is 0.251 e. The summed E-state index contributed by atoms with van der Waals surface area (Å²) in [6, 6.07) is 3.89. The van der Waals surface area contributed by atoms with E-state index in [0.29, 0.717) is 0 Å². The molecule has 0 aliphatic rings. The molecule has 0 saturated carbocycles.